The van der Waals surface area contributed by atoms with Crippen molar-refractivity contribution in [1.29, 1.82) is 0 Å². The van der Waals surface area contributed by atoms with E-state index < -0.39 is 0 Å². The Morgan fingerprint density at radius 2 is 2.55 bits per heavy atom. The Bertz CT molecular complexity index is 132. The van der Waals surface area contributed by atoms with Gasteiger partial charge in [-0.1, -0.05) is 0 Å². The van der Waals surface area contributed by atoms with Gasteiger partial charge in [-0.2, -0.15) is 0 Å². The molecule has 1 aliphatic rings. The van der Waals surface area contributed by atoms with E-state index in [1.54, 1.807) is 5.48 Å². The molecule has 0 aliphatic carbocycles. The van der Waals surface area contributed by atoms with E-state index in [9.17, 15) is 4.79 Å². The molecule has 1 saturated heterocycles. The van der Waals surface area contributed by atoms with Gasteiger partial charge >= 0.3 is 0 Å². The second kappa shape index (κ2) is 4.31. The zero-order valence-corrected chi connectivity index (χ0v) is 6.47. The summed E-state index contributed by atoms with van der Waals surface area (Å²) < 4.78 is 0. The molecule has 1 atom stereocenters. The first-order valence-corrected chi connectivity index (χ1v) is 3.96. The quantitative estimate of drug-likeness (QED) is 0.396. The summed E-state index contributed by atoms with van der Waals surface area (Å²) in [5.74, 6) is 0.337. The Hall–Kier alpha value is -0.610. The topological polar surface area (TPSA) is 61.4 Å². The lowest BCUT2D eigenvalue weighted by molar-refractivity contribution is -0.129. The highest BCUT2D eigenvalue weighted by Crippen LogP contribution is 2.13. The standard InChI is InChI=1S/C7H14N2O2/c10-7(9-11)2-1-6-3-4-8-5-6/h6,8,11H,1-5H2,(H,9,10). The minimum Gasteiger partial charge on any atom is -0.316 e. The first kappa shape index (κ1) is 8.49. The molecule has 1 aliphatic heterocycles. The lowest BCUT2D eigenvalue weighted by Gasteiger charge is -2.05. The molecule has 1 heterocycles. The molecule has 0 radical (unpaired) electrons. The van der Waals surface area contributed by atoms with Crippen LogP contribution in [0.2, 0.25) is 0 Å². The van der Waals surface area contributed by atoms with E-state index in [1.807, 2.05) is 0 Å². The minimum absolute atomic E-state index is 0.281. The molecule has 3 N–H and O–H groups in total. The molecular weight excluding hydrogens is 144 g/mol. The average molecular weight is 158 g/mol. The maximum atomic E-state index is 10.6. The van der Waals surface area contributed by atoms with Crippen LogP contribution < -0.4 is 10.8 Å². The minimum atomic E-state index is -0.281. The van der Waals surface area contributed by atoms with E-state index in [4.69, 9.17) is 5.21 Å². The van der Waals surface area contributed by atoms with Gasteiger partial charge in [0.05, 0.1) is 0 Å². The van der Waals surface area contributed by atoms with Gasteiger partial charge in [-0.25, -0.2) is 5.48 Å². The summed E-state index contributed by atoms with van der Waals surface area (Å²) in [6, 6.07) is 0. The molecular formula is C7H14N2O2. The fourth-order valence-electron chi connectivity index (χ4n) is 1.35. The van der Waals surface area contributed by atoms with Crippen LogP contribution in [0.3, 0.4) is 0 Å². The van der Waals surface area contributed by atoms with Crippen LogP contribution in [-0.2, 0) is 4.79 Å². The SMILES string of the molecule is O=C(CCC1CCNC1)NO. The van der Waals surface area contributed by atoms with Crippen LogP contribution in [0.25, 0.3) is 0 Å². The van der Waals surface area contributed by atoms with Crippen LogP contribution in [0.4, 0.5) is 0 Å². The second-order valence-electron chi connectivity index (χ2n) is 2.93. The van der Waals surface area contributed by atoms with Crippen LogP contribution >= 0.6 is 0 Å². The lowest BCUT2D eigenvalue weighted by atomic mass is 10.0. The Labute approximate surface area is 65.9 Å². The fourth-order valence-corrected chi connectivity index (χ4v) is 1.35. The highest BCUT2D eigenvalue weighted by atomic mass is 16.5. The highest BCUT2D eigenvalue weighted by molar-refractivity contribution is 5.74. The molecule has 1 fully saturated rings. The van der Waals surface area contributed by atoms with Crippen molar-refractivity contribution in [1.82, 2.24) is 10.8 Å². The van der Waals surface area contributed by atoms with E-state index >= 15 is 0 Å². The van der Waals surface area contributed by atoms with E-state index in [0.717, 1.165) is 25.9 Å². The molecule has 0 saturated carbocycles. The zero-order valence-electron chi connectivity index (χ0n) is 6.47. The molecule has 0 bridgehead atoms. The molecule has 4 heteroatoms. The van der Waals surface area contributed by atoms with Crippen molar-refractivity contribution in [3.63, 3.8) is 0 Å². The van der Waals surface area contributed by atoms with Crippen molar-refractivity contribution in [3.05, 3.63) is 0 Å². The lowest BCUT2D eigenvalue weighted by Crippen LogP contribution is -2.19. The van der Waals surface area contributed by atoms with Gasteiger partial charge in [0.2, 0.25) is 5.91 Å². The fraction of sp³-hybridized carbons (Fsp3) is 0.857. The molecule has 11 heavy (non-hydrogen) atoms. The van der Waals surface area contributed by atoms with E-state index in [0.29, 0.717) is 12.3 Å². The summed E-state index contributed by atoms with van der Waals surface area (Å²) in [6.45, 7) is 2.07. The molecule has 0 spiro atoms. The number of hydrogen-bond donors (Lipinski definition) is 3. The predicted molar refractivity (Wildman–Crippen MR) is 40.1 cm³/mol. The monoisotopic (exact) mass is 158 g/mol. The Balaban J connectivity index is 2.06. The van der Waals surface area contributed by atoms with Gasteiger partial charge < -0.3 is 5.32 Å². The van der Waals surface area contributed by atoms with Crippen molar-refractivity contribution in [2.75, 3.05) is 13.1 Å². The summed E-state index contributed by atoms with van der Waals surface area (Å²) >= 11 is 0. The summed E-state index contributed by atoms with van der Waals surface area (Å²) in [5.41, 5.74) is 1.63. The van der Waals surface area contributed by atoms with Gasteiger partial charge in [0, 0.05) is 6.42 Å². The molecule has 0 aromatic carbocycles. The second-order valence-corrected chi connectivity index (χ2v) is 2.93. The number of hydroxylamine groups is 1. The first-order valence-electron chi connectivity index (χ1n) is 3.96. The molecule has 0 aromatic rings. The predicted octanol–water partition coefficient (Wildman–Crippen LogP) is -0.119. The summed E-state index contributed by atoms with van der Waals surface area (Å²) in [4.78, 5) is 10.6. The van der Waals surface area contributed by atoms with Crippen molar-refractivity contribution < 1.29 is 10.0 Å². The van der Waals surface area contributed by atoms with E-state index in [2.05, 4.69) is 5.32 Å². The number of rotatable bonds is 3. The third-order valence-corrected chi connectivity index (χ3v) is 2.07. The van der Waals surface area contributed by atoms with E-state index in [-0.39, 0.29) is 5.91 Å². The van der Waals surface area contributed by atoms with Crippen LogP contribution in [-0.4, -0.2) is 24.2 Å². The zero-order chi connectivity index (χ0) is 8.10. The maximum absolute atomic E-state index is 10.6. The molecule has 0 aromatic heterocycles. The summed E-state index contributed by atoms with van der Waals surface area (Å²) in [5, 5.41) is 11.4. The normalized spacial score (nSPS) is 23.5. The van der Waals surface area contributed by atoms with Crippen LogP contribution in [0.15, 0.2) is 0 Å². The van der Waals surface area contributed by atoms with E-state index in [1.165, 1.54) is 0 Å². The third kappa shape index (κ3) is 2.86. The maximum Gasteiger partial charge on any atom is 0.243 e. The molecule has 1 unspecified atom stereocenters. The Morgan fingerprint density at radius 1 is 1.73 bits per heavy atom. The average Bonchev–Trinajstić information content (AvgIpc) is 2.52. The molecule has 1 amide bonds. The molecule has 1 rings (SSSR count). The number of carbonyl (C=O) groups is 1. The van der Waals surface area contributed by atoms with Crippen LogP contribution in [0.1, 0.15) is 19.3 Å². The van der Waals surface area contributed by atoms with Crippen LogP contribution in [0, 0.1) is 5.92 Å². The van der Waals surface area contributed by atoms with Crippen molar-refractivity contribution >= 4 is 5.91 Å². The first-order chi connectivity index (χ1) is 5.33. The largest absolute Gasteiger partial charge is 0.316 e. The number of nitrogens with one attached hydrogen (secondary N) is 2. The number of hydrogen-bond acceptors (Lipinski definition) is 3. The molecule has 4 nitrogen and oxygen atoms in total. The Kier molecular flexibility index (Phi) is 3.32. The van der Waals surface area contributed by atoms with Gasteiger partial charge in [0.25, 0.3) is 0 Å². The van der Waals surface area contributed by atoms with Gasteiger partial charge in [0.1, 0.15) is 0 Å². The summed E-state index contributed by atoms with van der Waals surface area (Å²) in [7, 11) is 0. The van der Waals surface area contributed by atoms with Gasteiger partial charge in [-0.05, 0) is 31.8 Å². The van der Waals surface area contributed by atoms with Gasteiger partial charge in [-0.15, -0.1) is 0 Å². The van der Waals surface area contributed by atoms with Crippen LogP contribution in [0.5, 0.6) is 0 Å². The van der Waals surface area contributed by atoms with Gasteiger partial charge in [-0.3, -0.25) is 10.0 Å². The number of amides is 1. The highest BCUT2D eigenvalue weighted by Gasteiger charge is 2.14. The summed E-state index contributed by atoms with van der Waals surface area (Å²) in [6.07, 6.45) is 2.46. The smallest absolute Gasteiger partial charge is 0.243 e. The van der Waals surface area contributed by atoms with Crippen molar-refractivity contribution in [2.45, 2.75) is 19.3 Å². The van der Waals surface area contributed by atoms with Crippen molar-refractivity contribution in [2.24, 2.45) is 5.92 Å². The number of carbonyl (C=O) groups excluding carboxylic acids is 1. The Morgan fingerprint density at radius 3 is 3.09 bits per heavy atom. The van der Waals surface area contributed by atoms with Gasteiger partial charge in [0.15, 0.2) is 0 Å². The molecule has 64 valence electrons. The third-order valence-electron chi connectivity index (χ3n) is 2.07. The van der Waals surface area contributed by atoms with Crippen molar-refractivity contribution in [3.8, 4) is 0 Å².